The van der Waals surface area contributed by atoms with Crippen LogP contribution in [-0.2, 0) is 29.2 Å². The third-order valence-electron chi connectivity index (χ3n) is 6.20. The van der Waals surface area contributed by atoms with Crippen molar-refractivity contribution in [1.29, 1.82) is 0 Å². The van der Waals surface area contributed by atoms with Crippen molar-refractivity contribution in [2.75, 3.05) is 11.0 Å². The number of hydrogen-bond acceptors (Lipinski definition) is 6. The zero-order valence-corrected chi connectivity index (χ0v) is 26.4. The first-order valence-electron chi connectivity index (χ1n) is 13.8. The van der Waals surface area contributed by atoms with Crippen molar-refractivity contribution < 1.29 is 27.6 Å². The molecule has 0 saturated carbocycles. The molecule has 12 heteroatoms. The van der Waals surface area contributed by atoms with Gasteiger partial charge in [0.2, 0.25) is 0 Å². The third kappa shape index (κ3) is 8.39. The van der Waals surface area contributed by atoms with E-state index < -0.39 is 46.0 Å². The van der Waals surface area contributed by atoms with Gasteiger partial charge in [0.05, 0.1) is 17.3 Å². The first-order valence-corrected chi connectivity index (χ1v) is 15.3. The number of benzene rings is 2. The summed E-state index contributed by atoms with van der Waals surface area (Å²) in [7, 11) is 0.374. The van der Waals surface area contributed by atoms with Gasteiger partial charge in [0.1, 0.15) is 39.5 Å². The highest BCUT2D eigenvalue weighted by Crippen LogP contribution is 2.36. The maximum atomic E-state index is 14.3. The average Bonchev–Trinajstić information content (AvgIpc) is 3.19. The van der Waals surface area contributed by atoms with Crippen LogP contribution in [0.5, 0.6) is 0 Å². The molecule has 1 amide bonds. The number of halogens is 2. The molecule has 2 aromatic carbocycles. The van der Waals surface area contributed by atoms with E-state index in [2.05, 4.69) is 27.0 Å². The number of rotatable bonds is 7. The lowest BCUT2D eigenvalue weighted by Crippen LogP contribution is -2.36. The highest BCUT2D eigenvalue weighted by atomic mass is 32.2. The van der Waals surface area contributed by atoms with Crippen LogP contribution in [0.25, 0.3) is 22.0 Å². The molecule has 0 fully saturated rings. The Morgan fingerprint density at radius 2 is 1.77 bits per heavy atom. The van der Waals surface area contributed by atoms with Gasteiger partial charge in [-0.2, -0.15) is 5.10 Å². The highest BCUT2D eigenvalue weighted by molar-refractivity contribution is 7.85. The van der Waals surface area contributed by atoms with E-state index in [9.17, 15) is 22.9 Å². The van der Waals surface area contributed by atoms with Crippen molar-refractivity contribution in [3.05, 3.63) is 77.1 Å². The second-order valence-corrected chi connectivity index (χ2v) is 13.0. The van der Waals surface area contributed by atoms with E-state index in [1.54, 1.807) is 58.5 Å². The number of ether oxygens (including phenoxy) is 1. The lowest BCUT2D eigenvalue weighted by atomic mass is 9.94. The van der Waals surface area contributed by atoms with E-state index in [4.69, 9.17) is 9.72 Å². The Morgan fingerprint density at radius 3 is 2.39 bits per heavy atom. The Labute approximate surface area is 257 Å². The van der Waals surface area contributed by atoms with Crippen molar-refractivity contribution >= 4 is 33.8 Å². The Morgan fingerprint density at radius 1 is 1.09 bits per heavy atom. The third-order valence-corrected chi connectivity index (χ3v) is 6.68. The minimum atomic E-state index is -1.37. The number of alkyl carbamates (subject to hydrolysis) is 1. The molecule has 2 heterocycles. The second kappa shape index (κ2) is 12.7. The molecule has 3 N–H and O–H groups in total. The number of hydrogen-bond donors (Lipinski definition) is 3. The fourth-order valence-corrected chi connectivity index (χ4v) is 5.07. The average molecular weight is 624 g/mol. The summed E-state index contributed by atoms with van der Waals surface area (Å²) in [6.45, 7) is 8.24. The van der Waals surface area contributed by atoms with Gasteiger partial charge in [-0.1, -0.05) is 18.1 Å². The molecule has 0 aliphatic carbocycles. The normalized spacial score (nSPS) is 13.1. The number of aromatic nitrogens is 3. The number of carbonyl (C=O) groups excluding carboxylic acids is 1. The molecule has 2 atom stereocenters. The Balaban J connectivity index is 1.97. The van der Waals surface area contributed by atoms with Gasteiger partial charge in [0.25, 0.3) is 0 Å². The first kappa shape index (κ1) is 32.6. The van der Waals surface area contributed by atoms with Gasteiger partial charge in [-0.15, -0.1) is 0 Å². The van der Waals surface area contributed by atoms with Crippen molar-refractivity contribution in [3.63, 3.8) is 0 Å². The number of amides is 1. The molecule has 0 aliphatic rings. The minimum Gasteiger partial charge on any atom is -0.444 e. The Hall–Kier alpha value is -4.34. The van der Waals surface area contributed by atoms with Crippen LogP contribution >= 0.6 is 0 Å². The molecule has 0 saturated heterocycles. The first-order chi connectivity index (χ1) is 20.5. The maximum absolute atomic E-state index is 14.3. The number of anilines is 1. The topological polar surface area (TPSA) is 118 Å². The number of aryl methyl sites for hydroxylation is 1. The summed E-state index contributed by atoms with van der Waals surface area (Å²) in [4.78, 5) is 17.9. The second-order valence-electron chi connectivity index (χ2n) is 11.8. The van der Waals surface area contributed by atoms with E-state index in [1.807, 2.05) is 18.2 Å². The van der Waals surface area contributed by atoms with Crippen LogP contribution in [0.4, 0.5) is 19.4 Å². The van der Waals surface area contributed by atoms with E-state index in [1.165, 1.54) is 18.4 Å². The van der Waals surface area contributed by atoms with E-state index >= 15 is 0 Å². The number of aliphatic hydroxyl groups is 1. The summed E-state index contributed by atoms with van der Waals surface area (Å²) in [6, 6.07) is 11.2. The largest absolute Gasteiger partial charge is 0.444 e. The Kier molecular flexibility index (Phi) is 9.41. The molecular formula is C32H35F2N5O4S. The number of pyridine rings is 1. The molecule has 0 bridgehead atoms. The van der Waals surface area contributed by atoms with Crippen molar-refractivity contribution in [2.45, 2.75) is 58.3 Å². The predicted octanol–water partition coefficient (Wildman–Crippen LogP) is 5.55. The van der Waals surface area contributed by atoms with E-state index in [0.29, 0.717) is 39.2 Å². The molecule has 4 aromatic rings. The molecule has 44 heavy (non-hydrogen) atoms. The summed E-state index contributed by atoms with van der Waals surface area (Å²) < 4.78 is 50.5. The highest BCUT2D eigenvalue weighted by Gasteiger charge is 2.27. The van der Waals surface area contributed by atoms with Crippen LogP contribution < -0.4 is 10.0 Å². The standard InChI is InChI=1S/C32H35F2N5O4S/c1-31(2,3)43-30(40)36-26(17-19-15-20(33)18-21(34)16-19)27-23(12-11-22(35-27)13-14-32(4,5)41)24-9-8-10-25-28(24)39(6)37-29(25)38-44(7)42/h8-12,15-16,18,26,41H,17H2,1-7H3,(H,36,40)(H,37,38). The van der Waals surface area contributed by atoms with Crippen molar-refractivity contribution in [2.24, 2.45) is 7.05 Å². The molecule has 0 aliphatic heterocycles. The number of nitrogens with zero attached hydrogens (tertiary/aromatic N) is 3. The van der Waals surface area contributed by atoms with Gasteiger partial charge in [0, 0.05) is 35.9 Å². The fraction of sp³-hybridized carbons (Fsp3) is 0.344. The number of nitrogens with one attached hydrogen (secondary N) is 2. The molecule has 232 valence electrons. The zero-order valence-electron chi connectivity index (χ0n) is 25.6. The molecular weight excluding hydrogens is 588 g/mol. The zero-order chi connectivity index (χ0) is 32.4. The van der Waals surface area contributed by atoms with Gasteiger partial charge in [-0.25, -0.2) is 22.8 Å². The molecule has 2 aromatic heterocycles. The summed E-state index contributed by atoms with van der Waals surface area (Å²) in [5.41, 5.74) is 0.744. The van der Waals surface area contributed by atoms with Crippen molar-refractivity contribution in [3.8, 4) is 23.0 Å². The fourth-order valence-electron chi connectivity index (χ4n) is 4.65. The molecule has 4 rings (SSSR count). The maximum Gasteiger partial charge on any atom is 0.408 e. The summed E-state index contributed by atoms with van der Waals surface area (Å²) in [6.07, 6.45) is 0.706. The van der Waals surface area contributed by atoms with E-state index in [-0.39, 0.29) is 12.0 Å². The monoisotopic (exact) mass is 623 g/mol. The number of fused-ring (bicyclic) bond motifs is 1. The van der Waals surface area contributed by atoms with Gasteiger partial charge in [0.15, 0.2) is 5.82 Å². The van der Waals surface area contributed by atoms with Crippen molar-refractivity contribution in [1.82, 2.24) is 20.1 Å². The van der Waals surface area contributed by atoms with Crippen LogP contribution in [0.1, 0.15) is 57.6 Å². The minimum absolute atomic E-state index is 0.0424. The van der Waals surface area contributed by atoms with E-state index in [0.717, 1.165) is 6.07 Å². The van der Waals surface area contributed by atoms with Gasteiger partial charge >= 0.3 is 6.09 Å². The van der Waals surface area contributed by atoms with Crippen LogP contribution in [0.15, 0.2) is 48.5 Å². The van der Waals surface area contributed by atoms with Crippen LogP contribution in [-0.4, -0.2) is 47.6 Å². The van der Waals surface area contributed by atoms with Gasteiger partial charge in [-0.3, -0.25) is 9.40 Å². The van der Waals surface area contributed by atoms with Crippen LogP contribution in [0, 0.1) is 23.5 Å². The number of para-hydroxylation sites is 1. The Bertz CT molecular complexity index is 1780. The predicted molar refractivity (Wildman–Crippen MR) is 167 cm³/mol. The molecule has 0 spiro atoms. The van der Waals surface area contributed by atoms with Gasteiger partial charge < -0.3 is 15.2 Å². The SMILES string of the molecule is Cn1nc(NS(C)=O)c2cccc(-c3ccc(C#CC(C)(C)O)nc3C(Cc3cc(F)cc(F)c3)NC(=O)OC(C)(C)C)c21. The van der Waals surface area contributed by atoms with Gasteiger partial charge in [-0.05, 0) is 82.9 Å². The molecule has 0 radical (unpaired) electrons. The lowest BCUT2D eigenvalue weighted by molar-refractivity contribution is 0.0502. The van der Waals surface area contributed by atoms with Crippen LogP contribution in [0.2, 0.25) is 0 Å². The summed E-state index contributed by atoms with van der Waals surface area (Å²) >= 11 is 0. The lowest BCUT2D eigenvalue weighted by Gasteiger charge is -2.25. The smallest absolute Gasteiger partial charge is 0.408 e. The number of carbonyl (C=O) groups is 1. The van der Waals surface area contributed by atoms with Crippen LogP contribution in [0.3, 0.4) is 0 Å². The molecule has 9 nitrogen and oxygen atoms in total. The molecule has 2 unspecified atom stereocenters. The summed E-state index contributed by atoms with van der Waals surface area (Å²) in [5, 5.41) is 18.2. The quantitative estimate of drug-likeness (QED) is 0.233. The summed E-state index contributed by atoms with van der Waals surface area (Å²) in [5.74, 6) is 4.51.